The van der Waals surface area contributed by atoms with Crippen molar-refractivity contribution in [2.45, 2.75) is 26.3 Å². The minimum atomic E-state index is -0.269. The highest BCUT2D eigenvalue weighted by molar-refractivity contribution is 5.94. The summed E-state index contributed by atoms with van der Waals surface area (Å²) in [6, 6.07) is 11.4. The number of piperidine rings is 1. The third-order valence-electron chi connectivity index (χ3n) is 6.11. The summed E-state index contributed by atoms with van der Waals surface area (Å²) >= 11 is 0. The van der Waals surface area contributed by atoms with Crippen LogP contribution in [-0.4, -0.2) is 50.7 Å². The standard InChI is InChI=1S/C25H29N5O3/c1-18-5-3-6-20(13-18)16-30-10-4-7-22(25(30)33)24(32)29-11-8-19(9-12-29)14-26-23(31)21-15-27-28(2)17-21/h3-7,10,13,15,17,19H,8-9,11-12,14,16H2,1-2H3,(H,26,31). The first-order valence-electron chi connectivity index (χ1n) is 11.2. The van der Waals surface area contributed by atoms with Crippen LogP contribution in [0.3, 0.4) is 0 Å². The van der Waals surface area contributed by atoms with Gasteiger partial charge in [0.25, 0.3) is 17.4 Å². The van der Waals surface area contributed by atoms with Gasteiger partial charge in [0.2, 0.25) is 0 Å². The van der Waals surface area contributed by atoms with Gasteiger partial charge in [0.05, 0.1) is 18.3 Å². The van der Waals surface area contributed by atoms with E-state index in [9.17, 15) is 14.4 Å². The maximum absolute atomic E-state index is 13.1. The predicted molar refractivity (Wildman–Crippen MR) is 125 cm³/mol. The molecular formula is C25H29N5O3. The second-order valence-electron chi connectivity index (χ2n) is 8.69. The molecule has 0 spiro atoms. The molecular weight excluding hydrogens is 418 g/mol. The molecule has 3 heterocycles. The molecule has 3 aromatic rings. The van der Waals surface area contributed by atoms with E-state index in [1.807, 2.05) is 31.2 Å². The van der Waals surface area contributed by atoms with Crippen molar-refractivity contribution in [3.8, 4) is 0 Å². The smallest absolute Gasteiger partial charge is 0.263 e. The summed E-state index contributed by atoms with van der Waals surface area (Å²) in [5.74, 6) is -0.0695. The van der Waals surface area contributed by atoms with Crippen LogP contribution in [0.1, 0.15) is 44.7 Å². The lowest BCUT2D eigenvalue weighted by molar-refractivity contribution is 0.0682. The van der Waals surface area contributed by atoms with Crippen LogP contribution < -0.4 is 10.9 Å². The molecule has 0 bridgehead atoms. The van der Waals surface area contributed by atoms with Crippen molar-refractivity contribution < 1.29 is 9.59 Å². The third-order valence-corrected chi connectivity index (χ3v) is 6.11. The zero-order valence-electron chi connectivity index (χ0n) is 19.0. The van der Waals surface area contributed by atoms with Gasteiger partial charge in [-0.15, -0.1) is 0 Å². The molecule has 0 radical (unpaired) electrons. The van der Waals surface area contributed by atoms with Gasteiger partial charge >= 0.3 is 0 Å². The van der Waals surface area contributed by atoms with E-state index in [1.54, 1.807) is 51.9 Å². The van der Waals surface area contributed by atoms with Crippen LogP contribution in [0.25, 0.3) is 0 Å². The number of nitrogens with one attached hydrogen (secondary N) is 1. The number of rotatable bonds is 6. The van der Waals surface area contributed by atoms with Crippen molar-refractivity contribution in [3.05, 3.63) is 87.6 Å². The molecule has 0 unspecified atom stereocenters. The molecule has 2 amide bonds. The molecule has 1 aliphatic heterocycles. The number of carbonyl (C=O) groups is 2. The Hall–Kier alpha value is -3.68. The minimum absolute atomic E-state index is 0.139. The second kappa shape index (κ2) is 9.85. The number of hydrogen-bond acceptors (Lipinski definition) is 4. The summed E-state index contributed by atoms with van der Waals surface area (Å²) in [5, 5.41) is 6.97. The maximum Gasteiger partial charge on any atom is 0.263 e. The average molecular weight is 448 g/mol. The number of aromatic nitrogens is 3. The Labute approximate surface area is 192 Å². The van der Waals surface area contributed by atoms with Crippen molar-refractivity contribution in [3.63, 3.8) is 0 Å². The third kappa shape index (κ3) is 5.39. The van der Waals surface area contributed by atoms with E-state index >= 15 is 0 Å². The van der Waals surface area contributed by atoms with Crippen molar-refractivity contribution in [2.24, 2.45) is 13.0 Å². The van der Waals surface area contributed by atoms with E-state index in [1.165, 1.54) is 0 Å². The highest BCUT2D eigenvalue weighted by atomic mass is 16.2. The minimum Gasteiger partial charge on any atom is -0.352 e. The summed E-state index contributed by atoms with van der Waals surface area (Å²) in [4.78, 5) is 40.0. The molecule has 4 rings (SSSR count). The molecule has 0 aliphatic carbocycles. The molecule has 33 heavy (non-hydrogen) atoms. The van der Waals surface area contributed by atoms with Crippen molar-refractivity contribution in [2.75, 3.05) is 19.6 Å². The van der Waals surface area contributed by atoms with E-state index in [2.05, 4.69) is 10.4 Å². The Morgan fingerprint density at radius 3 is 2.64 bits per heavy atom. The summed E-state index contributed by atoms with van der Waals surface area (Å²) < 4.78 is 3.18. The van der Waals surface area contributed by atoms with E-state index in [0.717, 1.165) is 24.0 Å². The lowest BCUT2D eigenvalue weighted by Gasteiger charge is -2.32. The molecule has 1 fully saturated rings. The first kappa shape index (κ1) is 22.5. The first-order valence-corrected chi connectivity index (χ1v) is 11.2. The van der Waals surface area contributed by atoms with Gasteiger partial charge in [-0.2, -0.15) is 5.10 Å². The number of carbonyl (C=O) groups excluding carboxylic acids is 2. The highest BCUT2D eigenvalue weighted by Crippen LogP contribution is 2.18. The highest BCUT2D eigenvalue weighted by Gasteiger charge is 2.26. The van der Waals surface area contributed by atoms with Gasteiger partial charge in [-0.1, -0.05) is 29.8 Å². The fourth-order valence-corrected chi connectivity index (χ4v) is 4.22. The van der Waals surface area contributed by atoms with Gasteiger partial charge < -0.3 is 14.8 Å². The molecule has 2 aromatic heterocycles. The number of likely N-dealkylation sites (tertiary alicyclic amines) is 1. The Morgan fingerprint density at radius 2 is 1.94 bits per heavy atom. The topological polar surface area (TPSA) is 89.2 Å². The first-order chi connectivity index (χ1) is 15.9. The summed E-state index contributed by atoms with van der Waals surface area (Å²) in [7, 11) is 1.77. The second-order valence-corrected chi connectivity index (χ2v) is 8.69. The Kier molecular flexibility index (Phi) is 6.72. The van der Waals surface area contributed by atoms with Crippen molar-refractivity contribution in [1.29, 1.82) is 0 Å². The fourth-order valence-electron chi connectivity index (χ4n) is 4.22. The van der Waals surface area contributed by atoms with Crippen LogP contribution in [0.15, 0.2) is 59.8 Å². The molecule has 8 heteroatoms. The molecule has 0 atom stereocenters. The van der Waals surface area contributed by atoms with Gasteiger partial charge in [-0.05, 0) is 43.4 Å². The summed E-state index contributed by atoms with van der Waals surface area (Å²) in [6.07, 6.45) is 6.51. The zero-order chi connectivity index (χ0) is 23.4. The van der Waals surface area contributed by atoms with Gasteiger partial charge in [0.15, 0.2) is 0 Å². The monoisotopic (exact) mass is 447 g/mol. The van der Waals surface area contributed by atoms with Crippen molar-refractivity contribution in [1.82, 2.24) is 24.6 Å². The molecule has 1 N–H and O–H groups in total. The maximum atomic E-state index is 13.1. The number of aryl methyl sites for hydroxylation is 2. The van der Waals surface area contributed by atoms with Gasteiger partial charge in [-0.25, -0.2) is 0 Å². The van der Waals surface area contributed by atoms with Gasteiger partial charge in [0, 0.05) is 39.1 Å². The van der Waals surface area contributed by atoms with Crippen LogP contribution in [0.4, 0.5) is 0 Å². The van der Waals surface area contributed by atoms with Crippen LogP contribution in [-0.2, 0) is 13.6 Å². The quantitative estimate of drug-likeness (QED) is 0.628. The van der Waals surface area contributed by atoms with Crippen LogP contribution in [0.2, 0.25) is 0 Å². The average Bonchev–Trinajstić information content (AvgIpc) is 3.25. The number of hydrogen-bond donors (Lipinski definition) is 1. The molecule has 1 saturated heterocycles. The molecule has 0 saturated carbocycles. The van der Waals surface area contributed by atoms with E-state index in [4.69, 9.17) is 0 Å². The van der Waals surface area contributed by atoms with Crippen LogP contribution >= 0.6 is 0 Å². The number of benzene rings is 1. The molecule has 1 aliphatic rings. The number of amides is 2. The van der Waals surface area contributed by atoms with Gasteiger partial charge in [0.1, 0.15) is 5.56 Å². The summed E-state index contributed by atoms with van der Waals surface area (Å²) in [5.41, 5.74) is 2.63. The fraction of sp³-hybridized carbons (Fsp3) is 0.360. The largest absolute Gasteiger partial charge is 0.352 e. The number of pyridine rings is 1. The molecule has 8 nitrogen and oxygen atoms in total. The van der Waals surface area contributed by atoms with Crippen LogP contribution in [0.5, 0.6) is 0 Å². The Balaban J connectivity index is 1.34. The van der Waals surface area contributed by atoms with E-state index in [-0.39, 0.29) is 22.9 Å². The van der Waals surface area contributed by atoms with Crippen molar-refractivity contribution >= 4 is 11.8 Å². The van der Waals surface area contributed by atoms with Crippen LogP contribution in [0, 0.1) is 12.8 Å². The Morgan fingerprint density at radius 1 is 1.15 bits per heavy atom. The lowest BCUT2D eigenvalue weighted by atomic mass is 9.96. The number of nitrogens with zero attached hydrogens (tertiary/aromatic N) is 4. The zero-order valence-corrected chi connectivity index (χ0v) is 19.0. The van der Waals surface area contributed by atoms with E-state index < -0.39 is 0 Å². The summed E-state index contributed by atoms with van der Waals surface area (Å²) in [6.45, 7) is 4.14. The molecule has 1 aromatic carbocycles. The SMILES string of the molecule is Cc1cccc(Cn2cccc(C(=O)N3CCC(CNC(=O)c4cnn(C)c4)CC3)c2=O)c1. The normalized spacial score (nSPS) is 14.3. The van der Waals surface area contributed by atoms with E-state index in [0.29, 0.717) is 37.7 Å². The lowest BCUT2D eigenvalue weighted by Crippen LogP contribution is -2.43. The predicted octanol–water partition coefficient (Wildman–Crippen LogP) is 2.22. The van der Waals surface area contributed by atoms with Gasteiger partial charge in [-0.3, -0.25) is 19.1 Å². The molecule has 172 valence electrons. The Bertz CT molecular complexity index is 1200.